The summed E-state index contributed by atoms with van der Waals surface area (Å²) in [6.07, 6.45) is 0.713. The van der Waals surface area contributed by atoms with Gasteiger partial charge in [-0.2, -0.15) is 0 Å². The van der Waals surface area contributed by atoms with Crippen LogP contribution in [-0.4, -0.2) is 30.5 Å². The second-order valence-electron chi connectivity index (χ2n) is 7.69. The zero-order chi connectivity index (χ0) is 22.9. The van der Waals surface area contributed by atoms with Crippen molar-refractivity contribution < 1.29 is 18.7 Å². The minimum Gasteiger partial charge on any atom is -0.493 e. The maximum atomic E-state index is 13.4. The van der Waals surface area contributed by atoms with Crippen molar-refractivity contribution in [1.82, 2.24) is 4.90 Å². The van der Waals surface area contributed by atoms with E-state index in [9.17, 15) is 9.18 Å². The van der Waals surface area contributed by atoms with E-state index in [1.165, 1.54) is 12.1 Å². The van der Waals surface area contributed by atoms with Crippen LogP contribution in [0.25, 0.3) is 0 Å². The van der Waals surface area contributed by atoms with Crippen molar-refractivity contribution in [2.75, 3.05) is 13.7 Å². The molecular formula is C26H29FN2O3. The lowest BCUT2D eigenvalue weighted by Gasteiger charge is -2.27. The van der Waals surface area contributed by atoms with E-state index in [4.69, 9.17) is 15.2 Å². The van der Waals surface area contributed by atoms with Gasteiger partial charge in [-0.1, -0.05) is 48.5 Å². The fraction of sp³-hybridized carbons (Fsp3) is 0.269. The third-order valence-corrected chi connectivity index (χ3v) is 5.39. The first-order chi connectivity index (χ1) is 15.5. The Morgan fingerprint density at radius 3 is 2.41 bits per heavy atom. The van der Waals surface area contributed by atoms with Gasteiger partial charge in [0, 0.05) is 13.1 Å². The predicted octanol–water partition coefficient (Wildman–Crippen LogP) is 4.33. The fourth-order valence-electron chi connectivity index (χ4n) is 3.45. The molecule has 3 rings (SSSR count). The molecule has 0 aliphatic heterocycles. The maximum absolute atomic E-state index is 13.4. The van der Waals surface area contributed by atoms with Crippen molar-refractivity contribution in [1.29, 1.82) is 0 Å². The number of nitrogens with two attached hydrogens (primary N) is 1. The summed E-state index contributed by atoms with van der Waals surface area (Å²) in [6, 6.07) is 21.7. The molecule has 5 nitrogen and oxygen atoms in total. The molecule has 32 heavy (non-hydrogen) atoms. The van der Waals surface area contributed by atoms with Gasteiger partial charge in [0.05, 0.1) is 13.2 Å². The first-order valence-corrected chi connectivity index (χ1v) is 10.6. The van der Waals surface area contributed by atoms with E-state index in [-0.39, 0.29) is 24.4 Å². The molecule has 0 aromatic heterocycles. The van der Waals surface area contributed by atoms with E-state index in [1.54, 1.807) is 13.2 Å². The molecular weight excluding hydrogens is 407 g/mol. The molecule has 0 saturated heterocycles. The van der Waals surface area contributed by atoms with Gasteiger partial charge in [0.25, 0.3) is 0 Å². The monoisotopic (exact) mass is 436 g/mol. The molecule has 0 aliphatic carbocycles. The molecule has 0 aliphatic rings. The van der Waals surface area contributed by atoms with E-state index in [0.717, 1.165) is 16.7 Å². The minimum atomic E-state index is -0.383. The largest absolute Gasteiger partial charge is 0.493 e. The lowest BCUT2D eigenvalue weighted by Crippen LogP contribution is -2.43. The molecule has 0 fully saturated rings. The summed E-state index contributed by atoms with van der Waals surface area (Å²) in [5, 5.41) is 0. The number of carbonyl (C=O) groups excluding carboxylic acids is 1. The zero-order valence-electron chi connectivity index (χ0n) is 18.5. The quantitative estimate of drug-likeness (QED) is 0.486. The highest BCUT2D eigenvalue weighted by Gasteiger charge is 2.19. The Hall–Kier alpha value is -3.38. The van der Waals surface area contributed by atoms with Crippen LogP contribution in [0, 0.1) is 5.82 Å². The van der Waals surface area contributed by atoms with E-state index in [2.05, 4.69) is 4.90 Å². The first kappa shape index (κ1) is 23.3. The predicted molar refractivity (Wildman–Crippen MR) is 123 cm³/mol. The Morgan fingerprint density at radius 1 is 0.969 bits per heavy atom. The lowest BCUT2D eigenvalue weighted by atomic mass is 10.1. The SMILES string of the molecule is COc1cc(CCN(Cc2ccccc2)C(C)C(N)=O)ccc1OCc1cccc(F)c1. The average molecular weight is 437 g/mol. The van der Waals surface area contributed by atoms with Crippen molar-refractivity contribution in [3.63, 3.8) is 0 Å². The van der Waals surface area contributed by atoms with Gasteiger partial charge in [-0.25, -0.2) is 4.39 Å². The van der Waals surface area contributed by atoms with Crippen LogP contribution < -0.4 is 15.2 Å². The number of benzene rings is 3. The van der Waals surface area contributed by atoms with Crippen molar-refractivity contribution in [2.24, 2.45) is 5.73 Å². The Kier molecular flexibility index (Phi) is 8.22. The number of hydrogen-bond donors (Lipinski definition) is 1. The Morgan fingerprint density at radius 2 is 1.72 bits per heavy atom. The summed E-state index contributed by atoms with van der Waals surface area (Å²) < 4.78 is 24.7. The maximum Gasteiger partial charge on any atom is 0.234 e. The number of halogens is 1. The van der Waals surface area contributed by atoms with Gasteiger partial charge in [0.15, 0.2) is 11.5 Å². The molecule has 0 heterocycles. The number of primary amides is 1. The van der Waals surface area contributed by atoms with Crippen LogP contribution >= 0.6 is 0 Å². The van der Waals surface area contributed by atoms with Crippen LogP contribution in [0.4, 0.5) is 4.39 Å². The summed E-state index contributed by atoms with van der Waals surface area (Å²) in [4.78, 5) is 13.9. The van der Waals surface area contributed by atoms with Crippen LogP contribution in [0.15, 0.2) is 72.8 Å². The third-order valence-electron chi connectivity index (χ3n) is 5.39. The van der Waals surface area contributed by atoms with Crippen LogP contribution in [0.2, 0.25) is 0 Å². The summed E-state index contributed by atoms with van der Waals surface area (Å²) in [7, 11) is 1.59. The summed E-state index contributed by atoms with van der Waals surface area (Å²) >= 11 is 0. The third kappa shape index (κ3) is 6.56. The molecule has 1 atom stereocenters. The lowest BCUT2D eigenvalue weighted by molar-refractivity contribution is -0.122. The number of rotatable bonds is 11. The zero-order valence-corrected chi connectivity index (χ0v) is 18.5. The number of carbonyl (C=O) groups is 1. The number of ether oxygens (including phenoxy) is 2. The Labute approximate surface area is 188 Å². The molecule has 0 bridgehead atoms. The van der Waals surface area contributed by atoms with Gasteiger partial charge in [0.2, 0.25) is 5.91 Å². The second kappa shape index (κ2) is 11.3. The second-order valence-corrected chi connectivity index (χ2v) is 7.69. The highest BCUT2D eigenvalue weighted by atomic mass is 19.1. The number of nitrogens with zero attached hydrogens (tertiary/aromatic N) is 1. The topological polar surface area (TPSA) is 64.8 Å². The number of methoxy groups -OCH3 is 1. The Balaban J connectivity index is 1.66. The number of hydrogen-bond acceptors (Lipinski definition) is 4. The van der Waals surface area contributed by atoms with Gasteiger partial charge in [0.1, 0.15) is 12.4 Å². The van der Waals surface area contributed by atoms with E-state index < -0.39 is 0 Å². The standard InChI is InChI=1S/C26H29FN2O3/c1-19(26(28)30)29(17-21-7-4-3-5-8-21)14-13-20-11-12-24(25(16-20)31-2)32-18-22-9-6-10-23(27)15-22/h3-12,15-16,19H,13-14,17-18H2,1-2H3,(H2,28,30). The summed E-state index contributed by atoms with van der Waals surface area (Å²) in [5.41, 5.74) is 8.49. The van der Waals surface area contributed by atoms with Gasteiger partial charge >= 0.3 is 0 Å². The molecule has 1 amide bonds. The van der Waals surface area contributed by atoms with Crippen LogP contribution in [-0.2, 0) is 24.4 Å². The molecule has 0 radical (unpaired) electrons. The molecule has 0 saturated carbocycles. The number of amides is 1. The molecule has 2 N–H and O–H groups in total. The molecule has 0 spiro atoms. The fourth-order valence-corrected chi connectivity index (χ4v) is 3.45. The molecule has 3 aromatic carbocycles. The summed E-state index contributed by atoms with van der Waals surface area (Å²) in [5.74, 6) is 0.557. The molecule has 1 unspecified atom stereocenters. The van der Waals surface area contributed by atoms with Crippen molar-refractivity contribution >= 4 is 5.91 Å². The molecule has 6 heteroatoms. The van der Waals surface area contributed by atoms with Crippen molar-refractivity contribution in [3.8, 4) is 11.5 Å². The van der Waals surface area contributed by atoms with Gasteiger partial charge < -0.3 is 15.2 Å². The Bertz CT molecular complexity index is 1030. The smallest absolute Gasteiger partial charge is 0.234 e. The van der Waals surface area contributed by atoms with E-state index in [0.29, 0.717) is 31.0 Å². The van der Waals surface area contributed by atoms with Crippen LogP contribution in [0.1, 0.15) is 23.6 Å². The first-order valence-electron chi connectivity index (χ1n) is 10.6. The highest BCUT2D eigenvalue weighted by molar-refractivity contribution is 5.79. The van der Waals surface area contributed by atoms with Crippen LogP contribution in [0.5, 0.6) is 11.5 Å². The molecule has 3 aromatic rings. The van der Waals surface area contributed by atoms with Gasteiger partial charge in [-0.3, -0.25) is 9.69 Å². The van der Waals surface area contributed by atoms with E-state index in [1.807, 2.05) is 61.5 Å². The normalized spacial score (nSPS) is 11.9. The molecule has 168 valence electrons. The van der Waals surface area contributed by atoms with Crippen molar-refractivity contribution in [2.45, 2.75) is 32.5 Å². The van der Waals surface area contributed by atoms with Crippen molar-refractivity contribution in [3.05, 3.63) is 95.3 Å². The summed E-state index contributed by atoms with van der Waals surface area (Å²) in [6.45, 7) is 3.37. The van der Waals surface area contributed by atoms with E-state index >= 15 is 0 Å². The van der Waals surface area contributed by atoms with Gasteiger partial charge in [-0.05, 0) is 54.3 Å². The van der Waals surface area contributed by atoms with Crippen LogP contribution in [0.3, 0.4) is 0 Å². The highest BCUT2D eigenvalue weighted by Crippen LogP contribution is 2.29. The average Bonchev–Trinajstić information content (AvgIpc) is 2.80. The minimum absolute atomic E-state index is 0.244. The van der Waals surface area contributed by atoms with Gasteiger partial charge in [-0.15, -0.1) is 0 Å².